The van der Waals surface area contributed by atoms with Crippen molar-refractivity contribution in [1.82, 2.24) is 4.57 Å². The van der Waals surface area contributed by atoms with Gasteiger partial charge in [0.2, 0.25) is 0 Å². The van der Waals surface area contributed by atoms with Crippen LogP contribution in [-0.2, 0) is 5.41 Å². The molecule has 1 spiro atoms. The zero-order valence-electron chi connectivity index (χ0n) is 39.6. The van der Waals surface area contributed by atoms with Crippen LogP contribution in [0.2, 0.25) is 0 Å². The molecule has 1 unspecified atom stereocenters. The molecule has 0 radical (unpaired) electrons. The fraction of sp³-hybridized carbons (Fsp3) is 0.0164. The summed E-state index contributed by atoms with van der Waals surface area (Å²) in [5.41, 5.74) is 16.2. The summed E-state index contributed by atoms with van der Waals surface area (Å²) in [6.45, 7) is 0. The third-order valence-corrected chi connectivity index (χ3v) is 13.2. The summed E-state index contributed by atoms with van der Waals surface area (Å²) in [6.07, 6.45) is 0. The van der Waals surface area contributed by atoms with Gasteiger partial charge in [-0.1, -0.05) is 164 Å². The maximum Gasteiger partial charge on any atom is 0.0782 e. The quantitative estimate of drug-likeness (QED) is 0.159. The summed E-state index contributed by atoms with van der Waals surface area (Å²) in [5, 5.41) is 2.35. The van der Waals surface area contributed by atoms with Crippen LogP contribution in [0.5, 0.6) is 0 Å². The van der Waals surface area contributed by atoms with Crippen LogP contribution in [0.25, 0.3) is 49.7 Å². The van der Waals surface area contributed by atoms with Crippen LogP contribution in [0.1, 0.15) is 29.1 Å². The van der Waals surface area contributed by atoms with Crippen molar-refractivity contribution in [2.75, 3.05) is 9.80 Å². The van der Waals surface area contributed by atoms with Crippen molar-refractivity contribution in [2.45, 2.75) is 5.41 Å². The SMILES string of the molecule is [2H]c1c([2H])c([2H])c(N(c2ccccc2)c2ccc3c(c2)C2(c4ccccc4-c4cc(N(c5ccccc5)c5cccc6c7ccccc7n(-c7ccccc7)c56)ccc42)c2ccccc2-3)c([2H])c1[2H]. The summed E-state index contributed by atoms with van der Waals surface area (Å²) in [6, 6.07) is 75.0. The molecule has 300 valence electrons. The molecule has 2 aliphatic carbocycles. The van der Waals surface area contributed by atoms with Gasteiger partial charge in [0.05, 0.1) is 29.0 Å². The third-order valence-electron chi connectivity index (χ3n) is 13.2. The number of nitrogens with zero attached hydrogens (tertiary/aromatic N) is 3. The Morgan fingerprint density at radius 1 is 0.359 bits per heavy atom. The minimum absolute atomic E-state index is 0.0934. The van der Waals surface area contributed by atoms with Crippen molar-refractivity contribution in [3.05, 3.63) is 271 Å². The van der Waals surface area contributed by atoms with E-state index in [9.17, 15) is 0 Å². The number of hydrogen-bond donors (Lipinski definition) is 0. The van der Waals surface area contributed by atoms with Crippen LogP contribution in [0.4, 0.5) is 34.1 Å². The zero-order valence-corrected chi connectivity index (χ0v) is 34.6. The molecule has 0 saturated carbocycles. The van der Waals surface area contributed by atoms with Gasteiger partial charge < -0.3 is 14.4 Å². The lowest BCUT2D eigenvalue weighted by Gasteiger charge is -2.32. The maximum absolute atomic E-state index is 9.16. The first-order valence-electron chi connectivity index (χ1n) is 24.2. The van der Waals surface area contributed by atoms with Crippen molar-refractivity contribution >= 4 is 55.9 Å². The zero-order chi connectivity index (χ0) is 46.5. The number of rotatable bonds is 7. The first kappa shape index (κ1) is 31.4. The second-order valence-corrected chi connectivity index (χ2v) is 16.5. The molecular formula is C61H41N3. The molecule has 0 aliphatic heterocycles. The van der Waals surface area contributed by atoms with Crippen LogP contribution >= 0.6 is 0 Å². The van der Waals surface area contributed by atoms with Gasteiger partial charge in [0.15, 0.2) is 0 Å². The molecule has 3 nitrogen and oxygen atoms in total. The lowest BCUT2D eigenvalue weighted by Crippen LogP contribution is -2.26. The van der Waals surface area contributed by atoms with Crippen molar-refractivity contribution < 1.29 is 6.85 Å². The molecule has 0 saturated heterocycles. The van der Waals surface area contributed by atoms with Gasteiger partial charge in [0, 0.05) is 44.9 Å². The van der Waals surface area contributed by atoms with E-state index in [0.717, 1.165) is 72.7 Å². The summed E-state index contributed by atoms with van der Waals surface area (Å²) in [4.78, 5) is 4.20. The summed E-state index contributed by atoms with van der Waals surface area (Å²) in [7, 11) is 0. The van der Waals surface area contributed by atoms with Crippen LogP contribution in [0.15, 0.2) is 249 Å². The molecule has 64 heavy (non-hydrogen) atoms. The van der Waals surface area contributed by atoms with Crippen molar-refractivity contribution in [1.29, 1.82) is 0 Å². The number of fused-ring (bicyclic) bond motifs is 13. The minimum Gasteiger partial charge on any atom is -0.310 e. The highest BCUT2D eigenvalue weighted by Gasteiger charge is 2.52. The first-order chi connectivity index (χ1) is 33.9. The molecular weight excluding hydrogens is 775 g/mol. The molecule has 11 aromatic rings. The van der Waals surface area contributed by atoms with Crippen LogP contribution < -0.4 is 9.80 Å². The van der Waals surface area contributed by atoms with Crippen LogP contribution in [-0.4, -0.2) is 4.57 Å². The predicted molar refractivity (Wildman–Crippen MR) is 266 cm³/mol. The molecule has 1 atom stereocenters. The standard InChI is InChI=1S/C61H41N3/c1-5-20-42(21-6-1)62(43-22-7-2-8-23-43)47-36-38-50-48-28-13-16-32-54(48)61(57(50)41-47)55-33-17-14-29-49(55)53-40-46(37-39-56(53)61)63(44-24-9-3-10-25-44)59-35-19-31-52-51-30-15-18-34-58(51)64(60(52)59)45-26-11-4-12-27-45/h1-41H/i1D,5D,6D,20D,21D. The van der Waals surface area contributed by atoms with E-state index >= 15 is 0 Å². The summed E-state index contributed by atoms with van der Waals surface area (Å²) >= 11 is 0. The van der Waals surface area contributed by atoms with E-state index in [-0.39, 0.29) is 29.9 Å². The summed E-state index contributed by atoms with van der Waals surface area (Å²) < 4.78 is 46.5. The number of anilines is 6. The van der Waals surface area contributed by atoms with Gasteiger partial charge in [-0.25, -0.2) is 0 Å². The second-order valence-electron chi connectivity index (χ2n) is 16.5. The van der Waals surface area contributed by atoms with Crippen molar-refractivity contribution in [3.63, 3.8) is 0 Å². The summed E-state index contributed by atoms with van der Waals surface area (Å²) in [5.74, 6) is 0. The Labute approximate surface area is 380 Å². The van der Waals surface area contributed by atoms with E-state index in [0.29, 0.717) is 11.4 Å². The normalized spacial score (nSPS) is 15.4. The number of para-hydroxylation sites is 6. The molecule has 0 bridgehead atoms. The van der Waals surface area contributed by atoms with E-state index in [2.05, 4.69) is 191 Å². The van der Waals surface area contributed by atoms with Gasteiger partial charge in [-0.15, -0.1) is 0 Å². The highest BCUT2D eigenvalue weighted by Crippen LogP contribution is 2.64. The minimum atomic E-state index is -0.744. The van der Waals surface area contributed by atoms with E-state index in [1.807, 2.05) is 41.3 Å². The van der Waals surface area contributed by atoms with E-state index in [1.54, 1.807) is 0 Å². The first-order valence-corrected chi connectivity index (χ1v) is 21.7. The van der Waals surface area contributed by atoms with Gasteiger partial charge in [0.1, 0.15) is 0 Å². The van der Waals surface area contributed by atoms with Crippen molar-refractivity contribution in [3.8, 4) is 27.9 Å². The maximum atomic E-state index is 9.16. The largest absolute Gasteiger partial charge is 0.310 e. The Morgan fingerprint density at radius 2 is 0.906 bits per heavy atom. The van der Waals surface area contributed by atoms with Gasteiger partial charge in [0.25, 0.3) is 0 Å². The van der Waals surface area contributed by atoms with Gasteiger partial charge in [-0.2, -0.15) is 0 Å². The average Bonchev–Trinajstić information content (AvgIpc) is 4.01. The average molecular weight is 821 g/mol. The smallest absolute Gasteiger partial charge is 0.0782 e. The van der Waals surface area contributed by atoms with Crippen LogP contribution in [0.3, 0.4) is 0 Å². The number of hydrogen-bond acceptors (Lipinski definition) is 2. The monoisotopic (exact) mass is 820 g/mol. The fourth-order valence-electron chi connectivity index (χ4n) is 10.8. The van der Waals surface area contributed by atoms with E-state index in [4.69, 9.17) is 6.85 Å². The topological polar surface area (TPSA) is 11.4 Å². The Kier molecular flexibility index (Phi) is 7.04. The Balaban J connectivity index is 1.07. The molecule has 0 amide bonds. The molecule has 0 N–H and O–H groups in total. The molecule has 3 heteroatoms. The highest BCUT2D eigenvalue weighted by atomic mass is 15.2. The number of aromatic nitrogens is 1. The lowest BCUT2D eigenvalue weighted by molar-refractivity contribution is 0.793. The highest BCUT2D eigenvalue weighted by molar-refractivity contribution is 6.14. The van der Waals surface area contributed by atoms with Gasteiger partial charge in [-0.05, 0) is 129 Å². The fourth-order valence-corrected chi connectivity index (χ4v) is 10.8. The second kappa shape index (κ2) is 14.3. The molecule has 1 heterocycles. The molecule has 10 aromatic carbocycles. The molecule has 0 fully saturated rings. The van der Waals surface area contributed by atoms with E-state index < -0.39 is 11.5 Å². The van der Waals surface area contributed by atoms with Gasteiger partial charge >= 0.3 is 0 Å². The molecule has 13 rings (SSSR count). The predicted octanol–water partition coefficient (Wildman–Crippen LogP) is 16.1. The Bertz CT molecular complexity index is 3840. The molecule has 2 aliphatic rings. The van der Waals surface area contributed by atoms with Gasteiger partial charge in [-0.3, -0.25) is 0 Å². The van der Waals surface area contributed by atoms with E-state index in [1.165, 1.54) is 16.3 Å². The van der Waals surface area contributed by atoms with Crippen LogP contribution in [0, 0.1) is 0 Å². The Hall–Kier alpha value is -8.40. The molecule has 1 aromatic heterocycles. The Morgan fingerprint density at radius 3 is 1.64 bits per heavy atom. The van der Waals surface area contributed by atoms with Crippen molar-refractivity contribution in [2.24, 2.45) is 0 Å². The third kappa shape index (κ3) is 5.22. The lowest BCUT2D eigenvalue weighted by atomic mass is 9.70. The number of benzene rings is 10.